The van der Waals surface area contributed by atoms with Gasteiger partial charge in [0.05, 0.1) is 32.0 Å². The van der Waals surface area contributed by atoms with Crippen molar-refractivity contribution >= 4 is 11.9 Å². The normalized spacial score (nSPS) is 19.1. The summed E-state index contributed by atoms with van der Waals surface area (Å²) in [5, 5.41) is 54.2. The van der Waals surface area contributed by atoms with E-state index in [1.165, 1.54) is 148 Å². The van der Waals surface area contributed by atoms with E-state index in [2.05, 4.69) is 67.8 Å². The smallest absolute Gasteiger partial charge is 0.305 e. The highest BCUT2D eigenvalue weighted by atomic mass is 16.7. The highest BCUT2D eigenvalue weighted by molar-refractivity contribution is 5.76. The van der Waals surface area contributed by atoms with Crippen molar-refractivity contribution in [3.05, 3.63) is 60.8 Å². The molecular weight excluding hydrogens is 955 g/mol. The number of hydrogen-bond donors (Lipinski definition) is 6. The van der Waals surface area contributed by atoms with Crippen LogP contribution in [0.15, 0.2) is 60.8 Å². The summed E-state index contributed by atoms with van der Waals surface area (Å²) < 4.78 is 16.7. The number of aliphatic hydroxyl groups is 5. The number of carbonyl (C=O) groups is 2. The number of allylic oxidation sites excluding steroid dienone is 9. The lowest BCUT2D eigenvalue weighted by Gasteiger charge is -2.40. The van der Waals surface area contributed by atoms with Crippen LogP contribution in [0.5, 0.6) is 0 Å². The third-order valence-electron chi connectivity index (χ3n) is 14.6. The number of esters is 1. The third kappa shape index (κ3) is 43.3. The molecule has 1 heterocycles. The predicted molar refractivity (Wildman–Crippen MR) is 315 cm³/mol. The van der Waals surface area contributed by atoms with Crippen molar-refractivity contribution in [3.8, 4) is 0 Å². The molecule has 0 aromatic rings. The van der Waals surface area contributed by atoms with Gasteiger partial charge >= 0.3 is 5.97 Å². The van der Waals surface area contributed by atoms with Crippen LogP contribution < -0.4 is 5.32 Å². The van der Waals surface area contributed by atoms with E-state index in [1.807, 2.05) is 6.08 Å². The van der Waals surface area contributed by atoms with Crippen molar-refractivity contribution in [2.75, 3.05) is 19.8 Å². The SMILES string of the molecule is CCCCCC/C=C\C/C=C\CCCCCCCC(=O)OCCCCCCCCCCC/C=C\C/C=C\CCCCCCCCCC(=O)NC(COC1OC(CO)C(O)C(O)C1O)C(O)/C=C/CCCCCCCCC. The van der Waals surface area contributed by atoms with Gasteiger partial charge in [-0.05, 0) is 96.3 Å². The minimum absolute atomic E-state index is 0.0189. The van der Waals surface area contributed by atoms with E-state index in [1.54, 1.807) is 6.08 Å². The summed E-state index contributed by atoms with van der Waals surface area (Å²) in [4.78, 5) is 25.1. The average molecular weight is 1070 g/mol. The second kappa shape index (κ2) is 54.3. The van der Waals surface area contributed by atoms with E-state index >= 15 is 0 Å². The Morgan fingerprint density at radius 1 is 0.487 bits per heavy atom. The van der Waals surface area contributed by atoms with Crippen molar-refractivity contribution in [2.24, 2.45) is 0 Å². The number of aliphatic hydroxyl groups excluding tert-OH is 5. The molecule has 0 aromatic carbocycles. The number of unbranched alkanes of at least 4 members (excludes halogenated alkanes) is 32. The molecule has 7 unspecified atom stereocenters. The number of amides is 1. The second-order valence-corrected chi connectivity index (χ2v) is 21.8. The van der Waals surface area contributed by atoms with Gasteiger partial charge in [-0.25, -0.2) is 0 Å². The lowest BCUT2D eigenvalue weighted by molar-refractivity contribution is -0.302. The molecule has 7 atom stereocenters. The largest absolute Gasteiger partial charge is 0.466 e. The zero-order valence-electron chi connectivity index (χ0n) is 48.7. The molecular formula is C65H117NO10. The molecule has 1 rings (SSSR count). The predicted octanol–water partition coefficient (Wildman–Crippen LogP) is 15.0. The van der Waals surface area contributed by atoms with Gasteiger partial charge in [-0.3, -0.25) is 9.59 Å². The molecule has 0 radical (unpaired) electrons. The third-order valence-corrected chi connectivity index (χ3v) is 14.6. The van der Waals surface area contributed by atoms with Crippen LogP contribution >= 0.6 is 0 Å². The number of hydrogen-bond acceptors (Lipinski definition) is 10. The lowest BCUT2D eigenvalue weighted by atomic mass is 9.99. The van der Waals surface area contributed by atoms with Crippen LogP contribution in [0.3, 0.4) is 0 Å². The molecule has 6 N–H and O–H groups in total. The molecule has 11 nitrogen and oxygen atoms in total. The second-order valence-electron chi connectivity index (χ2n) is 21.8. The Kier molecular flexibility index (Phi) is 51.0. The maximum absolute atomic E-state index is 13.0. The van der Waals surface area contributed by atoms with Crippen LogP contribution in [0.1, 0.15) is 277 Å². The molecule has 0 aromatic heterocycles. The Balaban J connectivity index is 2.01. The Morgan fingerprint density at radius 2 is 0.882 bits per heavy atom. The van der Waals surface area contributed by atoms with Gasteiger partial charge in [0.1, 0.15) is 24.4 Å². The molecule has 11 heteroatoms. The molecule has 1 fully saturated rings. The minimum atomic E-state index is -1.57. The van der Waals surface area contributed by atoms with E-state index in [9.17, 15) is 35.1 Å². The Hall–Kier alpha value is -2.64. The van der Waals surface area contributed by atoms with Gasteiger partial charge in [0, 0.05) is 12.8 Å². The van der Waals surface area contributed by atoms with E-state index in [4.69, 9.17) is 14.2 Å². The molecule has 0 aliphatic carbocycles. The van der Waals surface area contributed by atoms with Gasteiger partial charge < -0.3 is 45.1 Å². The molecule has 442 valence electrons. The van der Waals surface area contributed by atoms with E-state index in [0.29, 0.717) is 19.4 Å². The maximum Gasteiger partial charge on any atom is 0.305 e. The zero-order valence-corrected chi connectivity index (χ0v) is 48.7. The van der Waals surface area contributed by atoms with Crippen LogP contribution in [0.2, 0.25) is 0 Å². The zero-order chi connectivity index (χ0) is 55.2. The van der Waals surface area contributed by atoms with Crippen LogP contribution in [0.25, 0.3) is 0 Å². The summed E-state index contributed by atoms with van der Waals surface area (Å²) in [5.41, 5.74) is 0. The first kappa shape index (κ1) is 71.4. The van der Waals surface area contributed by atoms with Crippen LogP contribution in [-0.2, 0) is 23.8 Å². The molecule has 1 aliphatic rings. The summed E-state index contributed by atoms with van der Waals surface area (Å²) in [7, 11) is 0. The van der Waals surface area contributed by atoms with Gasteiger partial charge in [-0.15, -0.1) is 0 Å². The fraction of sp³-hybridized carbons (Fsp3) is 0.815. The lowest BCUT2D eigenvalue weighted by Crippen LogP contribution is -2.60. The topological polar surface area (TPSA) is 175 Å². The van der Waals surface area contributed by atoms with Gasteiger partial charge in [0.25, 0.3) is 0 Å². The van der Waals surface area contributed by atoms with Crippen molar-refractivity contribution in [2.45, 2.75) is 320 Å². The van der Waals surface area contributed by atoms with Crippen molar-refractivity contribution in [3.63, 3.8) is 0 Å². The number of nitrogens with one attached hydrogen (secondary N) is 1. The van der Waals surface area contributed by atoms with E-state index < -0.39 is 49.5 Å². The summed E-state index contributed by atoms with van der Waals surface area (Å²) in [6.45, 7) is 4.27. The quantitative estimate of drug-likeness (QED) is 0.0195. The van der Waals surface area contributed by atoms with Crippen LogP contribution in [0.4, 0.5) is 0 Å². The van der Waals surface area contributed by atoms with Crippen molar-refractivity contribution < 1.29 is 49.3 Å². The van der Waals surface area contributed by atoms with E-state index in [-0.39, 0.29) is 18.5 Å². The Labute approximate surface area is 465 Å². The first-order chi connectivity index (χ1) is 37.2. The highest BCUT2D eigenvalue weighted by Gasteiger charge is 2.44. The fourth-order valence-electron chi connectivity index (χ4n) is 9.55. The molecule has 1 amide bonds. The molecule has 1 saturated heterocycles. The first-order valence-electron chi connectivity index (χ1n) is 31.6. The molecule has 0 spiro atoms. The van der Waals surface area contributed by atoms with E-state index in [0.717, 1.165) is 103 Å². The van der Waals surface area contributed by atoms with Gasteiger partial charge in [-0.2, -0.15) is 0 Å². The molecule has 1 aliphatic heterocycles. The minimum Gasteiger partial charge on any atom is -0.466 e. The summed E-state index contributed by atoms with van der Waals surface area (Å²) >= 11 is 0. The highest BCUT2D eigenvalue weighted by Crippen LogP contribution is 2.23. The summed E-state index contributed by atoms with van der Waals surface area (Å²) in [6, 6.07) is -0.817. The Bertz CT molecular complexity index is 1450. The molecule has 76 heavy (non-hydrogen) atoms. The average Bonchev–Trinajstić information content (AvgIpc) is 3.42. The van der Waals surface area contributed by atoms with Crippen molar-refractivity contribution in [1.29, 1.82) is 0 Å². The maximum atomic E-state index is 13.0. The number of ether oxygens (including phenoxy) is 3. The van der Waals surface area contributed by atoms with Crippen LogP contribution in [-0.4, -0.2) is 100 Å². The van der Waals surface area contributed by atoms with Crippen LogP contribution in [0, 0.1) is 0 Å². The van der Waals surface area contributed by atoms with Gasteiger partial charge in [0.15, 0.2) is 6.29 Å². The number of carbonyl (C=O) groups excluding carboxylic acids is 2. The molecule has 0 saturated carbocycles. The van der Waals surface area contributed by atoms with Gasteiger partial charge in [0.2, 0.25) is 5.91 Å². The number of rotatable bonds is 54. The van der Waals surface area contributed by atoms with Crippen molar-refractivity contribution in [1.82, 2.24) is 5.32 Å². The fourth-order valence-corrected chi connectivity index (χ4v) is 9.55. The first-order valence-corrected chi connectivity index (χ1v) is 31.6. The Morgan fingerprint density at radius 3 is 1.34 bits per heavy atom. The monoisotopic (exact) mass is 1070 g/mol. The summed E-state index contributed by atoms with van der Waals surface area (Å²) in [5.74, 6) is -0.214. The standard InChI is InChI=1S/C65H117NO10/c1-3-5-7-9-11-13-14-15-16-27-30-33-37-41-45-49-53-61(70)74-54-50-46-42-38-34-31-28-25-23-21-19-17-18-20-22-24-26-29-32-36-40-44-48-52-60(69)66-57(58(68)51-47-43-39-35-12-10-8-6-4-2)56-75-65-64(73)63(72)62(71)59(55-67)76-65/h13-14,16-17,19-20,22,27,47,51,57-59,62-65,67-68,71-73H,3-12,15,18,21,23-26,28-46,48-50,52-56H2,1-2H3,(H,66,69)/b14-13-,19-17-,22-20-,27-16-,51-47+. The summed E-state index contributed by atoms with van der Waals surface area (Å²) in [6.07, 6.45) is 60.5. The molecule has 0 bridgehead atoms. The van der Waals surface area contributed by atoms with Gasteiger partial charge in [-0.1, -0.05) is 229 Å².